The van der Waals surface area contributed by atoms with E-state index in [0.717, 1.165) is 35.5 Å². The van der Waals surface area contributed by atoms with Crippen molar-refractivity contribution in [3.63, 3.8) is 0 Å². The first-order valence-corrected chi connectivity index (χ1v) is 8.66. The van der Waals surface area contributed by atoms with Gasteiger partial charge in [0.15, 0.2) is 0 Å². The molecule has 0 bridgehead atoms. The molecule has 7 heteroatoms. The first-order valence-electron chi connectivity index (χ1n) is 8.66. The molecule has 0 unspecified atom stereocenters. The van der Waals surface area contributed by atoms with E-state index in [1.165, 1.54) is 6.20 Å². The van der Waals surface area contributed by atoms with Gasteiger partial charge in [-0.2, -0.15) is 0 Å². The molecule has 1 saturated heterocycles. The molecule has 1 atom stereocenters. The van der Waals surface area contributed by atoms with Crippen molar-refractivity contribution in [1.29, 1.82) is 0 Å². The Kier molecular flexibility index (Phi) is 4.43. The monoisotopic (exact) mass is 349 g/mol. The van der Waals surface area contributed by atoms with Crippen LogP contribution < -0.4 is 0 Å². The number of carbonyl (C=O) groups is 1. The van der Waals surface area contributed by atoms with Crippen molar-refractivity contribution in [3.05, 3.63) is 60.3 Å². The molecule has 1 aliphatic rings. The fourth-order valence-corrected chi connectivity index (χ4v) is 3.42. The maximum Gasteiger partial charge on any atom is 0.292 e. The summed E-state index contributed by atoms with van der Waals surface area (Å²) < 4.78 is 5.03. The van der Waals surface area contributed by atoms with Crippen LogP contribution >= 0.6 is 0 Å². The number of nitrogens with zero attached hydrogens (tertiary/aromatic N) is 5. The van der Waals surface area contributed by atoms with Gasteiger partial charge in [0.25, 0.3) is 5.91 Å². The molecule has 132 valence electrons. The van der Waals surface area contributed by atoms with E-state index in [4.69, 9.17) is 9.51 Å². The Hall–Kier alpha value is -3.09. The van der Waals surface area contributed by atoms with Crippen LogP contribution in [0.2, 0.25) is 0 Å². The molecule has 3 aromatic rings. The highest BCUT2D eigenvalue weighted by molar-refractivity contribution is 5.91. The zero-order valence-electron chi connectivity index (χ0n) is 14.5. The first kappa shape index (κ1) is 16.4. The van der Waals surface area contributed by atoms with Crippen molar-refractivity contribution in [3.8, 4) is 11.1 Å². The van der Waals surface area contributed by atoms with Crippen molar-refractivity contribution < 1.29 is 9.32 Å². The molecule has 0 aliphatic carbocycles. The van der Waals surface area contributed by atoms with Crippen LogP contribution in [-0.2, 0) is 0 Å². The molecule has 1 aliphatic heterocycles. The number of aromatic nitrogens is 4. The summed E-state index contributed by atoms with van der Waals surface area (Å²) in [7, 11) is 0. The van der Waals surface area contributed by atoms with Gasteiger partial charge in [0.1, 0.15) is 5.82 Å². The van der Waals surface area contributed by atoms with Gasteiger partial charge in [0.05, 0.1) is 11.9 Å². The van der Waals surface area contributed by atoms with Gasteiger partial charge in [-0.3, -0.25) is 9.78 Å². The van der Waals surface area contributed by atoms with Crippen molar-refractivity contribution in [2.45, 2.75) is 25.7 Å². The Morgan fingerprint density at radius 1 is 1.23 bits per heavy atom. The van der Waals surface area contributed by atoms with Gasteiger partial charge in [-0.1, -0.05) is 5.16 Å². The fourth-order valence-electron chi connectivity index (χ4n) is 3.42. The average molecular weight is 349 g/mol. The Bertz CT molecular complexity index is 896. The lowest BCUT2D eigenvalue weighted by Gasteiger charge is -2.32. The number of pyridine rings is 1. The second-order valence-electron chi connectivity index (χ2n) is 6.42. The van der Waals surface area contributed by atoms with E-state index in [1.807, 2.05) is 30.2 Å². The van der Waals surface area contributed by atoms with Crippen molar-refractivity contribution in [2.24, 2.45) is 0 Å². The highest BCUT2D eigenvalue weighted by atomic mass is 16.5. The molecule has 0 N–H and O–H groups in total. The number of amides is 1. The van der Waals surface area contributed by atoms with E-state index < -0.39 is 0 Å². The number of aryl methyl sites for hydroxylation is 1. The van der Waals surface area contributed by atoms with Crippen LogP contribution in [-0.4, -0.2) is 44.0 Å². The lowest BCUT2D eigenvalue weighted by molar-refractivity contribution is 0.0664. The zero-order valence-corrected chi connectivity index (χ0v) is 14.5. The molecule has 4 rings (SSSR count). The van der Waals surface area contributed by atoms with Gasteiger partial charge in [-0.15, -0.1) is 0 Å². The van der Waals surface area contributed by atoms with E-state index in [0.29, 0.717) is 13.1 Å². The van der Waals surface area contributed by atoms with E-state index in [-0.39, 0.29) is 17.6 Å². The third-order valence-electron chi connectivity index (χ3n) is 4.67. The summed E-state index contributed by atoms with van der Waals surface area (Å²) >= 11 is 0. The van der Waals surface area contributed by atoms with Gasteiger partial charge >= 0.3 is 0 Å². The number of carbonyl (C=O) groups excluding carboxylic acids is 1. The van der Waals surface area contributed by atoms with E-state index in [2.05, 4.69) is 15.1 Å². The lowest BCUT2D eigenvalue weighted by Crippen LogP contribution is -2.39. The fraction of sp³-hybridized carbons (Fsp3) is 0.316. The quantitative estimate of drug-likeness (QED) is 0.723. The van der Waals surface area contributed by atoms with Crippen molar-refractivity contribution in [2.75, 3.05) is 13.1 Å². The minimum absolute atomic E-state index is 0.122. The third-order valence-corrected chi connectivity index (χ3v) is 4.67. The summed E-state index contributed by atoms with van der Waals surface area (Å²) in [6, 6.07) is 5.51. The molecule has 0 spiro atoms. The number of hydrogen-bond acceptors (Lipinski definition) is 6. The van der Waals surface area contributed by atoms with Crippen LogP contribution in [0.5, 0.6) is 0 Å². The van der Waals surface area contributed by atoms with Gasteiger partial charge < -0.3 is 9.42 Å². The predicted octanol–water partition coefficient (Wildman–Crippen LogP) is 2.85. The van der Waals surface area contributed by atoms with E-state index in [9.17, 15) is 4.79 Å². The molecule has 1 fully saturated rings. The molecule has 4 heterocycles. The van der Waals surface area contributed by atoms with Crippen LogP contribution in [0.4, 0.5) is 0 Å². The summed E-state index contributed by atoms with van der Waals surface area (Å²) in [6.45, 7) is 3.21. The molecule has 0 saturated carbocycles. The minimum Gasteiger partial charge on any atom is -0.351 e. The van der Waals surface area contributed by atoms with Crippen molar-refractivity contribution >= 4 is 5.91 Å². The maximum absolute atomic E-state index is 12.6. The summed E-state index contributed by atoms with van der Waals surface area (Å²) in [5.41, 5.74) is 3.02. The Balaban J connectivity index is 1.65. The number of piperidine rings is 1. The summed E-state index contributed by atoms with van der Waals surface area (Å²) in [4.78, 5) is 27.6. The van der Waals surface area contributed by atoms with Gasteiger partial charge in [-0.05, 0) is 37.5 Å². The van der Waals surface area contributed by atoms with Crippen molar-refractivity contribution in [1.82, 2.24) is 25.0 Å². The molecular formula is C19H19N5O2. The third kappa shape index (κ3) is 3.20. The Labute approximate surface area is 151 Å². The van der Waals surface area contributed by atoms with Gasteiger partial charge in [-0.25, -0.2) is 9.97 Å². The topological polar surface area (TPSA) is 85.0 Å². The van der Waals surface area contributed by atoms with E-state index >= 15 is 0 Å². The van der Waals surface area contributed by atoms with Crippen LogP contribution in [0.25, 0.3) is 11.1 Å². The second-order valence-corrected chi connectivity index (χ2v) is 6.42. The molecule has 0 radical (unpaired) electrons. The highest BCUT2D eigenvalue weighted by Gasteiger charge is 2.29. The largest absolute Gasteiger partial charge is 0.351 e. The normalized spacial score (nSPS) is 17.3. The molecule has 7 nitrogen and oxygen atoms in total. The Morgan fingerprint density at radius 3 is 2.85 bits per heavy atom. The summed E-state index contributed by atoms with van der Waals surface area (Å²) in [6.07, 6.45) is 8.78. The average Bonchev–Trinajstić information content (AvgIpc) is 3.23. The molecule has 3 aromatic heterocycles. The number of hydrogen-bond donors (Lipinski definition) is 0. The van der Waals surface area contributed by atoms with Gasteiger partial charge in [0, 0.05) is 49.2 Å². The predicted molar refractivity (Wildman–Crippen MR) is 94.4 cm³/mol. The standard InChI is InChI=1S/C19H19N5O2/c1-13-21-11-16(14-4-7-20-8-5-14)18(23-13)15-3-2-10-24(12-15)19(25)17-6-9-22-26-17/h4-9,11,15H,2-3,10,12H2,1H3/t15-/m0/s1. The molecular weight excluding hydrogens is 330 g/mol. The van der Waals surface area contributed by atoms with E-state index in [1.54, 1.807) is 18.5 Å². The summed E-state index contributed by atoms with van der Waals surface area (Å²) in [5.74, 6) is 1.04. The number of rotatable bonds is 3. The smallest absolute Gasteiger partial charge is 0.292 e. The first-order chi connectivity index (χ1) is 12.7. The molecule has 26 heavy (non-hydrogen) atoms. The minimum atomic E-state index is -0.122. The maximum atomic E-state index is 12.6. The highest BCUT2D eigenvalue weighted by Crippen LogP contribution is 2.33. The van der Waals surface area contributed by atoms with Gasteiger partial charge in [0.2, 0.25) is 5.76 Å². The van der Waals surface area contributed by atoms with Crippen LogP contribution in [0.3, 0.4) is 0 Å². The SMILES string of the molecule is Cc1ncc(-c2ccncc2)c([C@H]2CCCN(C(=O)c3ccno3)C2)n1. The summed E-state index contributed by atoms with van der Waals surface area (Å²) in [5, 5.41) is 3.63. The van der Waals surface area contributed by atoms with Crippen LogP contribution in [0, 0.1) is 6.92 Å². The lowest BCUT2D eigenvalue weighted by atomic mass is 9.90. The Morgan fingerprint density at radius 2 is 2.08 bits per heavy atom. The molecule has 1 amide bonds. The van der Waals surface area contributed by atoms with Crippen LogP contribution in [0.1, 0.15) is 40.8 Å². The van der Waals surface area contributed by atoms with Crippen LogP contribution in [0.15, 0.2) is 47.5 Å². The zero-order chi connectivity index (χ0) is 17.9. The molecule has 0 aromatic carbocycles. The second kappa shape index (κ2) is 7.03. The number of likely N-dealkylation sites (tertiary alicyclic amines) is 1.